The van der Waals surface area contributed by atoms with Gasteiger partial charge in [0, 0.05) is 17.0 Å². The number of nitrogens with zero attached hydrogens (tertiary/aromatic N) is 1. The highest BCUT2D eigenvalue weighted by molar-refractivity contribution is 8.01. The first-order valence-corrected chi connectivity index (χ1v) is 11.3. The molecular weight excluding hydrogens is 406 g/mol. The molecule has 1 heterocycles. The Morgan fingerprint density at radius 2 is 1.96 bits per heavy atom. The summed E-state index contributed by atoms with van der Waals surface area (Å²) in [5, 5.41) is 8.61. The summed E-state index contributed by atoms with van der Waals surface area (Å²) in [6.45, 7) is 2.10. The van der Waals surface area contributed by atoms with Crippen molar-refractivity contribution in [2.24, 2.45) is 0 Å². The van der Waals surface area contributed by atoms with Crippen molar-refractivity contribution < 1.29 is 18.4 Å². The van der Waals surface area contributed by atoms with Crippen LogP contribution >= 0.6 is 23.1 Å². The van der Waals surface area contributed by atoms with Crippen LogP contribution in [0.5, 0.6) is 0 Å². The normalized spacial score (nSPS) is 11.5. The molecule has 3 aromatic rings. The van der Waals surface area contributed by atoms with E-state index in [-0.39, 0.29) is 10.5 Å². The van der Waals surface area contributed by atoms with Crippen LogP contribution in [-0.2, 0) is 10.0 Å². The van der Waals surface area contributed by atoms with Gasteiger partial charge in [-0.1, -0.05) is 18.7 Å². The second-order valence-electron chi connectivity index (χ2n) is 5.58. The standard InChI is InChI=1S/C17H17N3O4S3/c1-2-9-25-17-18-14-10-13(7-8-15(14)26-17)27(23,24)20-12-5-3-11(4-6-12)16(21)19-22/h3-8,10,20,22H,2,9H2,1H3,(H,19,21). The Kier molecular flexibility index (Phi) is 6.00. The number of sulfonamides is 1. The second-order valence-corrected chi connectivity index (χ2v) is 9.64. The number of thioether (sulfide) groups is 1. The lowest BCUT2D eigenvalue weighted by Crippen LogP contribution is -2.18. The maximum absolute atomic E-state index is 12.6. The Balaban J connectivity index is 1.82. The number of hydrogen-bond acceptors (Lipinski definition) is 7. The number of fused-ring (bicyclic) bond motifs is 1. The van der Waals surface area contributed by atoms with E-state index < -0.39 is 15.9 Å². The number of hydroxylamine groups is 1. The van der Waals surface area contributed by atoms with E-state index in [1.165, 1.54) is 29.7 Å². The van der Waals surface area contributed by atoms with E-state index in [4.69, 9.17) is 5.21 Å². The van der Waals surface area contributed by atoms with E-state index in [2.05, 4.69) is 16.6 Å². The van der Waals surface area contributed by atoms with Crippen molar-refractivity contribution in [1.29, 1.82) is 0 Å². The molecule has 1 aromatic heterocycles. The average Bonchev–Trinajstić information content (AvgIpc) is 3.08. The summed E-state index contributed by atoms with van der Waals surface area (Å²) in [5.41, 5.74) is 2.69. The molecule has 142 valence electrons. The van der Waals surface area contributed by atoms with Gasteiger partial charge in [0.2, 0.25) is 0 Å². The number of hydrogen-bond donors (Lipinski definition) is 3. The maximum Gasteiger partial charge on any atom is 0.274 e. The Labute approximate surface area is 164 Å². The third-order valence-corrected chi connectivity index (χ3v) is 7.34. The van der Waals surface area contributed by atoms with Gasteiger partial charge in [-0.15, -0.1) is 11.3 Å². The van der Waals surface area contributed by atoms with Crippen LogP contribution in [0.15, 0.2) is 51.7 Å². The number of rotatable bonds is 7. The summed E-state index contributed by atoms with van der Waals surface area (Å²) in [6.07, 6.45) is 1.04. The molecule has 10 heteroatoms. The average molecular weight is 424 g/mol. The zero-order chi connectivity index (χ0) is 19.4. The largest absolute Gasteiger partial charge is 0.288 e. The van der Waals surface area contributed by atoms with Crippen molar-refractivity contribution in [2.45, 2.75) is 22.6 Å². The smallest absolute Gasteiger partial charge is 0.274 e. The minimum atomic E-state index is -3.79. The van der Waals surface area contributed by atoms with Crippen LogP contribution in [0.4, 0.5) is 5.69 Å². The molecule has 0 aliphatic carbocycles. The SMILES string of the molecule is CCCSc1nc2cc(S(=O)(=O)Nc3ccc(C(=O)NO)cc3)ccc2s1. The molecule has 0 radical (unpaired) electrons. The molecule has 3 rings (SSSR count). The fraction of sp³-hybridized carbons (Fsp3) is 0.176. The Bertz CT molecular complexity index is 1060. The van der Waals surface area contributed by atoms with E-state index in [9.17, 15) is 13.2 Å². The minimum Gasteiger partial charge on any atom is -0.288 e. The predicted molar refractivity (Wildman–Crippen MR) is 107 cm³/mol. The number of amides is 1. The molecule has 0 atom stereocenters. The summed E-state index contributed by atoms with van der Waals surface area (Å²) in [7, 11) is -3.79. The summed E-state index contributed by atoms with van der Waals surface area (Å²) in [4.78, 5) is 15.9. The maximum atomic E-state index is 12.6. The van der Waals surface area contributed by atoms with Crippen LogP contribution in [0.25, 0.3) is 10.2 Å². The quantitative estimate of drug-likeness (QED) is 0.304. The lowest BCUT2D eigenvalue weighted by Gasteiger charge is -2.08. The molecular formula is C17H17N3O4S3. The zero-order valence-corrected chi connectivity index (χ0v) is 16.7. The van der Waals surface area contributed by atoms with Gasteiger partial charge < -0.3 is 0 Å². The van der Waals surface area contributed by atoms with Gasteiger partial charge in [-0.2, -0.15) is 0 Å². The Morgan fingerprint density at radius 1 is 1.22 bits per heavy atom. The van der Waals surface area contributed by atoms with E-state index in [1.807, 2.05) is 0 Å². The first-order valence-electron chi connectivity index (χ1n) is 8.03. The number of aromatic nitrogens is 1. The fourth-order valence-electron chi connectivity index (χ4n) is 2.27. The topological polar surface area (TPSA) is 108 Å². The molecule has 0 saturated heterocycles. The molecule has 2 aromatic carbocycles. The Hall–Kier alpha value is -2.14. The molecule has 3 N–H and O–H groups in total. The molecule has 0 bridgehead atoms. The highest BCUT2D eigenvalue weighted by Gasteiger charge is 2.16. The number of nitrogens with one attached hydrogen (secondary N) is 2. The molecule has 0 unspecified atom stereocenters. The van der Waals surface area contributed by atoms with E-state index >= 15 is 0 Å². The van der Waals surface area contributed by atoms with Crippen LogP contribution < -0.4 is 10.2 Å². The molecule has 0 spiro atoms. The highest BCUT2D eigenvalue weighted by Crippen LogP contribution is 2.31. The first kappa shape index (κ1) is 19.6. The van der Waals surface area contributed by atoms with Crippen LogP contribution in [0, 0.1) is 0 Å². The van der Waals surface area contributed by atoms with Crippen LogP contribution in [0.1, 0.15) is 23.7 Å². The summed E-state index contributed by atoms with van der Waals surface area (Å²) >= 11 is 3.20. The summed E-state index contributed by atoms with van der Waals surface area (Å²) < 4.78 is 29.6. The van der Waals surface area contributed by atoms with Crippen molar-refractivity contribution >= 4 is 54.9 Å². The number of carbonyl (C=O) groups excluding carboxylic acids is 1. The third kappa shape index (κ3) is 4.59. The van der Waals surface area contributed by atoms with E-state index in [0.29, 0.717) is 11.2 Å². The number of carbonyl (C=O) groups is 1. The second kappa shape index (κ2) is 8.26. The fourth-order valence-corrected chi connectivity index (χ4v) is 5.32. The van der Waals surface area contributed by atoms with Gasteiger partial charge in [-0.3, -0.25) is 14.7 Å². The van der Waals surface area contributed by atoms with Crippen LogP contribution in [-0.4, -0.2) is 30.3 Å². The van der Waals surface area contributed by atoms with Gasteiger partial charge in [0.25, 0.3) is 15.9 Å². The first-order chi connectivity index (χ1) is 12.9. The van der Waals surface area contributed by atoms with Gasteiger partial charge in [0.05, 0.1) is 15.1 Å². The predicted octanol–water partition coefficient (Wildman–Crippen LogP) is 3.72. The lowest BCUT2D eigenvalue weighted by atomic mass is 10.2. The molecule has 0 saturated carbocycles. The summed E-state index contributed by atoms with van der Waals surface area (Å²) in [6, 6.07) is 10.6. The number of thiazole rings is 1. The molecule has 7 nitrogen and oxygen atoms in total. The van der Waals surface area contributed by atoms with Gasteiger partial charge in [-0.25, -0.2) is 18.9 Å². The van der Waals surface area contributed by atoms with Gasteiger partial charge >= 0.3 is 0 Å². The Morgan fingerprint density at radius 3 is 2.63 bits per heavy atom. The molecule has 0 fully saturated rings. The van der Waals surface area contributed by atoms with Crippen molar-refractivity contribution in [1.82, 2.24) is 10.5 Å². The zero-order valence-electron chi connectivity index (χ0n) is 14.3. The van der Waals surface area contributed by atoms with Gasteiger partial charge in [0.1, 0.15) is 0 Å². The van der Waals surface area contributed by atoms with Crippen molar-refractivity contribution in [3.63, 3.8) is 0 Å². The summed E-state index contributed by atoms with van der Waals surface area (Å²) in [5.74, 6) is 0.298. The van der Waals surface area contributed by atoms with Crippen LogP contribution in [0.3, 0.4) is 0 Å². The highest BCUT2D eigenvalue weighted by atomic mass is 32.2. The van der Waals surface area contributed by atoms with E-state index in [0.717, 1.165) is 21.2 Å². The van der Waals surface area contributed by atoms with Gasteiger partial charge in [-0.05, 0) is 48.9 Å². The molecule has 1 amide bonds. The van der Waals surface area contributed by atoms with Gasteiger partial charge in [0.15, 0.2) is 4.34 Å². The monoisotopic (exact) mass is 423 g/mol. The van der Waals surface area contributed by atoms with E-state index in [1.54, 1.807) is 41.3 Å². The van der Waals surface area contributed by atoms with Crippen molar-refractivity contribution in [2.75, 3.05) is 10.5 Å². The molecule has 27 heavy (non-hydrogen) atoms. The third-order valence-electron chi connectivity index (χ3n) is 3.58. The number of anilines is 1. The molecule has 0 aliphatic heterocycles. The lowest BCUT2D eigenvalue weighted by molar-refractivity contribution is 0.0706. The van der Waals surface area contributed by atoms with Crippen molar-refractivity contribution in [3.05, 3.63) is 48.0 Å². The number of benzene rings is 2. The van der Waals surface area contributed by atoms with Crippen LogP contribution in [0.2, 0.25) is 0 Å². The molecule has 0 aliphatic rings. The minimum absolute atomic E-state index is 0.115. The van der Waals surface area contributed by atoms with Crippen molar-refractivity contribution in [3.8, 4) is 0 Å².